The number of hydrogen-bond acceptors (Lipinski definition) is 2. The summed E-state index contributed by atoms with van der Waals surface area (Å²) >= 11 is 8.75. The van der Waals surface area contributed by atoms with Crippen LogP contribution in [0.1, 0.15) is 5.69 Å². The molecule has 1 aromatic heterocycles. The average Bonchev–Trinajstić information content (AvgIpc) is 1.80. The molecule has 0 aliphatic rings. The van der Waals surface area contributed by atoms with Crippen molar-refractivity contribution >= 4 is 27.5 Å². The van der Waals surface area contributed by atoms with Gasteiger partial charge in [0, 0.05) is 0 Å². The maximum absolute atomic E-state index is 5.61. The van der Waals surface area contributed by atoms with E-state index in [4.69, 9.17) is 11.6 Å². The van der Waals surface area contributed by atoms with E-state index in [0.29, 0.717) is 9.76 Å². The van der Waals surface area contributed by atoms with Gasteiger partial charge in [-0.25, -0.2) is 4.98 Å². The van der Waals surface area contributed by atoms with Crippen LogP contribution in [0.5, 0.6) is 0 Å². The van der Waals surface area contributed by atoms with Crippen molar-refractivity contribution in [3.8, 4) is 0 Å². The lowest BCUT2D eigenvalue weighted by molar-refractivity contribution is 1.09. The summed E-state index contributed by atoms with van der Waals surface area (Å²) in [4.78, 5) is 7.83. The first-order chi connectivity index (χ1) is 4.20. The van der Waals surface area contributed by atoms with Crippen LogP contribution in [0.15, 0.2) is 10.8 Å². The predicted molar refractivity (Wildman–Crippen MR) is 39.5 cm³/mol. The molecule has 0 spiro atoms. The Morgan fingerprint density at radius 2 is 2.33 bits per heavy atom. The summed E-state index contributed by atoms with van der Waals surface area (Å²) < 4.78 is 0.665. The molecule has 0 N–H and O–H groups in total. The molecule has 0 amide bonds. The van der Waals surface area contributed by atoms with Gasteiger partial charge in [-0.3, -0.25) is 4.98 Å². The van der Waals surface area contributed by atoms with Crippen molar-refractivity contribution in [2.24, 2.45) is 0 Å². The van der Waals surface area contributed by atoms with Crippen LogP contribution >= 0.6 is 27.5 Å². The minimum Gasteiger partial charge on any atom is -0.256 e. The fraction of sp³-hybridized carbons (Fsp3) is 0.200. The number of nitrogens with zero attached hydrogens (tertiary/aromatic N) is 2. The van der Waals surface area contributed by atoms with Crippen molar-refractivity contribution < 1.29 is 0 Å². The molecule has 0 aliphatic carbocycles. The van der Waals surface area contributed by atoms with Gasteiger partial charge in [-0.05, 0) is 22.9 Å². The normalized spacial score (nSPS) is 9.67. The highest BCUT2D eigenvalue weighted by atomic mass is 79.9. The van der Waals surface area contributed by atoms with Crippen molar-refractivity contribution in [1.29, 1.82) is 0 Å². The summed E-state index contributed by atoms with van der Waals surface area (Å²) in [6, 6.07) is 0. The summed E-state index contributed by atoms with van der Waals surface area (Å²) in [5.74, 6) is 0. The highest BCUT2D eigenvalue weighted by Crippen LogP contribution is 2.11. The van der Waals surface area contributed by atoms with Gasteiger partial charge in [0.2, 0.25) is 0 Å². The lowest BCUT2D eigenvalue weighted by atomic mass is 10.5. The molecule has 0 atom stereocenters. The molecule has 1 heterocycles. The van der Waals surface area contributed by atoms with Gasteiger partial charge in [0.1, 0.15) is 4.60 Å². The Morgan fingerprint density at radius 1 is 1.67 bits per heavy atom. The van der Waals surface area contributed by atoms with Gasteiger partial charge in [-0.1, -0.05) is 11.6 Å². The van der Waals surface area contributed by atoms with Gasteiger partial charge < -0.3 is 0 Å². The molecule has 0 fully saturated rings. The third kappa shape index (κ3) is 1.63. The zero-order valence-electron chi connectivity index (χ0n) is 4.73. The second-order valence-corrected chi connectivity index (χ2v) is 2.74. The topological polar surface area (TPSA) is 25.8 Å². The van der Waals surface area contributed by atoms with Gasteiger partial charge in [-0.2, -0.15) is 0 Å². The molecule has 0 aromatic carbocycles. The van der Waals surface area contributed by atoms with Crippen LogP contribution in [-0.4, -0.2) is 9.97 Å². The van der Waals surface area contributed by atoms with Crippen LogP contribution < -0.4 is 0 Å². The van der Waals surface area contributed by atoms with E-state index in [1.807, 2.05) is 6.92 Å². The fourth-order valence-corrected chi connectivity index (χ4v) is 0.929. The number of aryl methyl sites for hydroxylation is 1. The molecule has 1 rings (SSSR count). The Hall–Kier alpha value is -0.150. The number of hydrogen-bond donors (Lipinski definition) is 0. The molecule has 2 nitrogen and oxygen atoms in total. The van der Waals surface area contributed by atoms with Crippen molar-refractivity contribution in [3.63, 3.8) is 0 Å². The Morgan fingerprint density at radius 3 is 2.78 bits per heavy atom. The minimum atomic E-state index is 0.448. The second kappa shape index (κ2) is 2.62. The van der Waals surface area contributed by atoms with E-state index in [-0.39, 0.29) is 0 Å². The van der Waals surface area contributed by atoms with Crippen LogP contribution in [0, 0.1) is 6.92 Å². The fourth-order valence-electron chi connectivity index (χ4n) is 0.407. The SMILES string of the molecule is Cc1ncc(Br)nc1Cl. The molecule has 0 unspecified atom stereocenters. The molecule has 0 saturated heterocycles. The Balaban J connectivity index is 3.17. The molecule has 48 valence electrons. The van der Waals surface area contributed by atoms with Gasteiger partial charge >= 0.3 is 0 Å². The van der Waals surface area contributed by atoms with Gasteiger partial charge in [0.25, 0.3) is 0 Å². The smallest absolute Gasteiger partial charge is 0.151 e. The largest absolute Gasteiger partial charge is 0.256 e. The van der Waals surface area contributed by atoms with E-state index in [2.05, 4.69) is 25.9 Å². The first-order valence-corrected chi connectivity index (χ1v) is 3.52. The standard InChI is InChI=1S/C5H4BrClN2/c1-3-5(7)9-4(6)2-8-3/h2H,1H3. The summed E-state index contributed by atoms with van der Waals surface area (Å²) in [5, 5.41) is 0.448. The lowest BCUT2D eigenvalue weighted by Gasteiger charge is -1.93. The highest BCUT2D eigenvalue weighted by molar-refractivity contribution is 9.10. The Kier molecular flexibility index (Phi) is 2.03. The lowest BCUT2D eigenvalue weighted by Crippen LogP contribution is -1.85. The molecule has 0 bridgehead atoms. The third-order valence-electron chi connectivity index (χ3n) is 0.868. The molecule has 0 radical (unpaired) electrons. The molecule has 0 aliphatic heterocycles. The van der Waals surface area contributed by atoms with Crippen LogP contribution in [0.2, 0.25) is 5.15 Å². The maximum Gasteiger partial charge on any atom is 0.151 e. The van der Waals surface area contributed by atoms with Gasteiger partial charge in [0.15, 0.2) is 5.15 Å². The number of rotatable bonds is 0. The number of aromatic nitrogens is 2. The minimum absolute atomic E-state index is 0.448. The van der Waals surface area contributed by atoms with Crippen molar-refractivity contribution in [2.75, 3.05) is 0 Å². The number of halogens is 2. The van der Waals surface area contributed by atoms with E-state index in [1.165, 1.54) is 0 Å². The van der Waals surface area contributed by atoms with E-state index in [9.17, 15) is 0 Å². The van der Waals surface area contributed by atoms with E-state index >= 15 is 0 Å². The summed E-state index contributed by atoms with van der Waals surface area (Å²) in [6.45, 7) is 1.81. The van der Waals surface area contributed by atoms with E-state index in [0.717, 1.165) is 5.69 Å². The van der Waals surface area contributed by atoms with Crippen LogP contribution in [0.3, 0.4) is 0 Å². The Bertz CT molecular complexity index is 226. The molecule has 1 aromatic rings. The Labute approximate surface area is 66.4 Å². The first-order valence-electron chi connectivity index (χ1n) is 2.35. The predicted octanol–water partition coefficient (Wildman–Crippen LogP) is 2.20. The monoisotopic (exact) mass is 206 g/mol. The van der Waals surface area contributed by atoms with Gasteiger partial charge in [0.05, 0.1) is 11.9 Å². The zero-order valence-corrected chi connectivity index (χ0v) is 7.07. The van der Waals surface area contributed by atoms with E-state index in [1.54, 1.807) is 6.20 Å². The maximum atomic E-state index is 5.61. The van der Waals surface area contributed by atoms with Crippen LogP contribution in [0.25, 0.3) is 0 Å². The molecule has 0 saturated carbocycles. The van der Waals surface area contributed by atoms with Crippen molar-refractivity contribution in [1.82, 2.24) is 9.97 Å². The summed E-state index contributed by atoms with van der Waals surface area (Å²) in [7, 11) is 0. The van der Waals surface area contributed by atoms with Gasteiger partial charge in [-0.15, -0.1) is 0 Å². The first kappa shape index (κ1) is 6.96. The average molecular weight is 207 g/mol. The zero-order chi connectivity index (χ0) is 6.85. The summed E-state index contributed by atoms with van der Waals surface area (Å²) in [5.41, 5.74) is 0.750. The summed E-state index contributed by atoms with van der Waals surface area (Å²) in [6.07, 6.45) is 1.61. The molecular formula is C5H4BrClN2. The second-order valence-electron chi connectivity index (χ2n) is 1.57. The quantitative estimate of drug-likeness (QED) is 0.652. The van der Waals surface area contributed by atoms with Crippen molar-refractivity contribution in [2.45, 2.75) is 6.92 Å². The van der Waals surface area contributed by atoms with Crippen LogP contribution in [-0.2, 0) is 0 Å². The van der Waals surface area contributed by atoms with Crippen LogP contribution in [0.4, 0.5) is 0 Å². The molecular weight excluding hydrogens is 203 g/mol. The van der Waals surface area contributed by atoms with E-state index < -0.39 is 0 Å². The van der Waals surface area contributed by atoms with Crippen molar-refractivity contribution in [3.05, 3.63) is 21.6 Å². The third-order valence-corrected chi connectivity index (χ3v) is 1.61. The highest BCUT2D eigenvalue weighted by Gasteiger charge is 1.95. The molecule has 4 heteroatoms. The molecule has 9 heavy (non-hydrogen) atoms.